The third-order valence-electron chi connectivity index (χ3n) is 1.51. The highest BCUT2D eigenvalue weighted by Crippen LogP contribution is 2.21. The van der Waals surface area contributed by atoms with E-state index in [1.54, 1.807) is 6.92 Å². The average molecular weight is 176 g/mol. The van der Waals surface area contributed by atoms with Crippen molar-refractivity contribution >= 4 is 19.3 Å². The second-order valence-corrected chi connectivity index (χ2v) is 2.25. The first-order valence-electron chi connectivity index (χ1n) is 3.29. The Bertz CT molecular complexity index is 198. The fraction of sp³-hybridized carbons (Fsp3) is 0.571. The van der Waals surface area contributed by atoms with Crippen molar-refractivity contribution in [2.75, 3.05) is 0 Å². The van der Waals surface area contributed by atoms with Crippen LogP contribution in [0.3, 0.4) is 0 Å². The summed E-state index contributed by atoms with van der Waals surface area (Å²) in [6.07, 6.45) is 0.0806. The normalized spacial score (nSPS) is 23.1. The lowest BCUT2D eigenvalue weighted by molar-refractivity contribution is -0.122. The summed E-state index contributed by atoms with van der Waals surface area (Å²) in [5, 5.41) is 9.03. The Morgan fingerprint density at radius 1 is 1.64 bits per heavy atom. The van der Waals surface area contributed by atoms with E-state index in [-0.39, 0.29) is 25.0 Å². The molecule has 0 saturated heterocycles. The quantitative estimate of drug-likeness (QED) is 0.654. The molecule has 1 aliphatic rings. The number of allylic oxidation sites excluding steroid dienone is 1. The summed E-state index contributed by atoms with van der Waals surface area (Å²) in [6.45, 7) is 3.46. The topological polar surface area (TPSA) is 46.5 Å². The molecule has 1 heterocycles. The Balaban J connectivity index is 0.000001000. The van der Waals surface area contributed by atoms with Gasteiger partial charge in [-0.1, -0.05) is 6.92 Å². The fourth-order valence-electron chi connectivity index (χ4n) is 0.903. The maximum atomic E-state index is 10.8. The van der Waals surface area contributed by atoms with Crippen LogP contribution in [0, 0.1) is 0 Å². The van der Waals surface area contributed by atoms with Crippen LogP contribution in [0.25, 0.3) is 0 Å². The zero-order valence-corrected chi connectivity index (χ0v) is 7.55. The SMILES string of the molecule is CCC1=C(O)C(=O)[C@H](C)O1.S. The summed E-state index contributed by atoms with van der Waals surface area (Å²) in [7, 11) is 0. The van der Waals surface area contributed by atoms with Gasteiger partial charge in [0.05, 0.1) is 0 Å². The van der Waals surface area contributed by atoms with E-state index in [0.717, 1.165) is 0 Å². The van der Waals surface area contributed by atoms with Gasteiger partial charge in [0.1, 0.15) is 5.76 Å². The van der Waals surface area contributed by atoms with Crippen molar-refractivity contribution in [3.8, 4) is 0 Å². The zero-order chi connectivity index (χ0) is 7.72. The summed E-state index contributed by atoms with van der Waals surface area (Å²) in [5.74, 6) is -0.0932. The number of rotatable bonds is 1. The van der Waals surface area contributed by atoms with Gasteiger partial charge in [0.25, 0.3) is 0 Å². The van der Waals surface area contributed by atoms with E-state index >= 15 is 0 Å². The predicted molar refractivity (Wildman–Crippen MR) is 45.9 cm³/mol. The Labute approximate surface area is 72.5 Å². The van der Waals surface area contributed by atoms with E-state index in [9.17, 15) is 4.79 Å². The molecule has 0 unspecified atom stereocenters. The molecule has 0 fully saturated rings. The van der Waals surface area contributed by atoms with Crippen molar-refractivity contribution in [1.29, 1.82) is 0 Å². The molecule has 0 aromatic rings. The number of hydrogen-bond donors (Lipinski definition) is 1. The molecule has 0 saturated carbocycles. The van der Waals surface area contributed by atoms with E-state index in [1.807, 2.05) is 6.92 Å². The van der Waals surface area contributed by atoms with E-state index < -0.39 is 6.10 Å². The molecule has 0 spiro atoms. The van der Waals surface area contributed by atoms with Gasteiger partial charge in [0.15, 0.2) is 6.10 Å². The van der Waals surface area contributed by atoms with Crippen LogP contribution >= 0.6 is 13.5 Å². The van der Waals surface area contributed by atoms with E-state index in [4.69, 9.17) is 9.84 Å². The second-order valence-electron chi connectivity index (χ2n) is 2.25. The van der Waals surface area contributed by atoms with Crippen LogP contribution < -0.4 is 0 Å². The van der Waals surface area contributed by atoms with Crippen LogP contribution in [0.4, 0.5) is 0 Å². The highest BCUT2D eigenvalue weighted by molar-refractivity contribution is 7.59. The molecule has 0 bridgehead atoms. The largest absolute Gasteiger partial charge is 0.502 e. The van der Waals surface area contributed by atoms with Gasteiger partial charge in [-0.25, -0.2) is 0 Å². The molecule has 1 N–H and O–H groups in total. The van der Waals surface area contributed by atoms with Crippen LogP contribution in [0.15, 0.2) is 11.5 Å². The highest BCUT2D eigenvalue weighted by atomic mass is 32.1. The zero-order valence-electron chi connectivity index (χ0n) is 6.55. The lowest BCUT2D eigenvalue weighted by atomic mass is 10.2. The maximum absolute atomic E-state index is 10.8. The molecular formula is C7H12O3S. The smallest absolute Gasteiger partial charge is 0.240 e. The van der Waals surface area contributed by atoms with Crippen LogP contribution in [-0.2, 0) is 9.53 Å². The first-order chi connectivity index (χ1) is 4.66. The van der Waals surface area contributed by atoms with E-state index in [1.165, 1.54) is 0 Å². The molecule has 3 nitrogen and oxygen atoms in total. The number of Topliss-reactive ketones (excluding diaryl/α,β-unsaturated/α-hetero) is 1. The van der Waals surface area contributed by atoms with Crippen LogP contribution in [0.5, 0.6) is 0 Å². The lowest BCUT2D eigenvalue weighted by Crippen LogP contribution is -2.12. The number of aliphatic hydroxyl groups is 1. The Morgan fingerprint density at radius 2 is 2.18 bits per heavy atom. The Hall–Kier alpha value is -0.640. The van der Waals surface area contributed by atoms with Crippen LogP contribution in [-0.4, -0.2) is 17.0 Å². The molecule has 0 aliphatic carbocycles. The minimum atomic E-state index is -0.491. The summed E-state index contributed by atoms with van der Waals surface area (Å²) >= 11 is 0. The van der Waals surface area contributed by atoms with Crippen molar-refractivity contribution in [3.63, 3.8) is 0 Å². The van der Waals surface area contributed by atoms with Crippen molar-refractivity contribution in [2.24, 2.45) is 0 Å². The number of aliphatic hydroxyl groups excluding tert-OH is 1. The summed E-state index contributed by atoms with van der Waals surface area (Å²) in [5.41, 5.74) is 0. The number of ketones is 1. The standard InChI is InChI=1S/C7H10O3.H2S/c1-3-5-7(9)6(8)4(2)10-5;/h4,9H,3H2,1-2H3;1H2/t4-;/m0./s1. The molecule has 64 valence electrons. The van der Waals surface area contributed by atoms with Crippen LogP contribution in [0.1, 0.15) is 20.3 Å². The average Bonchev–Trinajstić information content (AvgIpc) is 2.17. The van der Waals surface area contributed by atoms with Crippen molar-refractivity contribution in [2.45, 2.75) is 26.4 Å². The molecule has 11 heavy (non-hydrogen) atoms. The van der Waals surface area contributed by atoms with Gasteiger partial charge in [0.2, 0.25) is 11.5 Å². The van der Waals surface area contributed by atoms with Gasteiger partial charge in [-0.15, -0.1) is 0 Å². The monoisotopic (exact) mass is 176 g/mol. The third kappa shape index (κ3) is 1.68. The molecule has 1 aliphatic heterocycles. The number of hydrogen-bond acceptors (Lipinski definition) is 3. The molecule has 0 radical (unpaired) electrons. The molecule has 0 aromatic heterocycles. The van der Waals surface area contributed by atoms with Gasteiger partial charge >= 0.3 is 0 Å². The van der Waals surface area contributed by atoms with Gasteiger partial charge in [-0.2, -0.15) is 13.5 Å². The summed E-state index contributed by atoms with van der Waals surface area (Å²) in [6, 6.07) is 0. The first-order valence-corrected chi connectivity index (χ1v) is 3.29. The Morgan fingerprint density at radius 3 is 2.36 bits per heavy atom. The third-order valence-corrected chi connectivity index (χ3v) is 1.51. The molecular weight excluding hydrogens is 164 g/mol. The second kappa shape index (κ2) is 3.67. The van der Waals surface area contributed by atoms with Crippen molar-refractivity contribution in [1.82, 2.24) is 0 Å². The van der Waals surface area contributed by atoms with Crippen molar-refractivity contribution < 1.29 is 14.6 Å². The summed E-state index contributed by atoms with van der Waals surface area (Å²) < 4.78 is 5.02. The summed E-state index contributed by atoms with van der Waals surface area (Å²) in [4.78, 5) is 10.8. The van der Waals surface area contributed by atoms with Crippen LogP contribution in [0.2, 0.25) is 0 Å². The molecule has 0 amide bonds. The minimum Gasteiger partial charge on any atom is -0.502 e. The van der Waals surface area contributed by atoms with E-state index in [0.29, 0.717) is 12.2 Å². The van der Waals surface area contributed by atoms with Gasteiger partial charge < -0.3 is 9.84 Å². The molecule has 0 aromatic carbocycles. The van der Waals surface area contributed by atoms with Gasteiger partial charge in [-0.05, 0) is 6.92 Å². The minimum absolute atomic E-state index is 0. The predicted octanol–water partition coefficient (Wildman–Crippen LogP) is 1.27. The van der Waals surface area contributed by atoms with Crippen molar-refractivity contribution in [3.05, 3.63) is 11.5 Å². The van der Waals surface area contributed by atoms with E-state index in [2.05, 4.69) is 0 Å². The number of carbonyl (C=O) groups excluding carboxylic acids is 1. The lowest BCUT2D eigenvalue weighted by Gasteiger charge is -2.01. The Kier molecular flexibility index (Phi) is 3.45. The van der Waals surface area contributed by atoms with Gasteiger partial charge in [-0.3, -0.25) is 4.79 Å². The molecule has 1 rings (SSSR count). The first kappa shape index (κ1) is 10.4. The molecule has 1 atom stereocenters. The maximum Gasteiger partial charge on any atom is 0.240 e. The molecule has 4 heteroatoms. The number of carbonyl (C=O) groups is 1. The van der Waals surface area contributed by atoms with Gasteiger partial charge in [0, 0.05) is 6.42 Å². The highest BCUT2D eigenvalue weighted by Gasteiger charge is 2.30. The number of ether oxygens (including phenoxy) is 1. The fourth-order valence-corrected chi connectivity index (χ4v) is 0.903.